The molecule has 0 N–H and O–H groups in total. The Hall–Kier alpha value is -2.68. The van der Waals surface area contributed by atoms with Crippen LogP contribution >= 0.6 is 0 Å². The third-order valence-corrected chi connectivity index (χ3v) is 3.83. The van der Waals surface area contributed by atoms with Gasteiger partial charge in [0.2, 0.25) is 0 Å². The number of aryl methyl sites for hydroxylation is 1. The maximum absolute atomic E-state index is 12.6. The molecule has 0 aliphatic rings. The first-order valence-electron chi connectivity index (χ1n) is 7.19. The van der Waals surface area contributed by atoms with Gasteiger partial charge in [-0.1, -0.05) is 30.3 Å². The Morgan fingerprint density at radius 3 is 2.77 bits per heavy atom. The molecule has 0 radical (unpaired) electrons. The second-order valence-electron chi connectivity index (χ2n) is 5.27. The summed E-state index contributed by atoms with van der Waals surface area (Å²) >= 11 is 0. The molecule has 3 nitrogen and oxygen atoms in total. The van der Waals surface area contributed by atoms with Crippen molar-refractivity contribution in [3.8, 4) is 5.75 Å². The minimum absolute atomic E-state index is 0.0818. The van der Waals surface area contributed by atoms with E-state index in [4.69, 9.17) is 4.74 Å². The van der Waals surface area contributed by atoms with E-state index in [0.717, 1.165) is 22.0 Å². The van der Waals surface area contributed by atoms with Gasteiger partial charge in [0.25, 0.3) is 0 Å². The number of carbonyl (C=O) groups is 1. The Morgan fingerprint density at radius 1 is 1.14 bits per heavy atom. The maximum Gasteiger partial charge on any atom is 0.167 e. The number of rotatable bonds is 4. The smallest absolute Gasteiger partial charge is 0.167 e. The summed E-state index contributed by atoms with van der Waals surface area (Å²) in [7, 11) is 1.60. The highest BCUT2D eigenvalue weighted by atomic mass is 16.5. The highest BCUT2D eigenvalue weighted by Crippen LogP contribution is 2.22. The molecule has 3 rings (SSSR count). The summed E-state index contributed by atoms with van der Waals surface area (Å²) in [5, 5.41) is 1.04. The molecular weight excluding hydrogens is 274 g/mol. The predicted molar refractivity (Wildman–Crippen MR) is 87.5 cm³/mol. The number of hydrogen-bond donors (Lipinski definition) is 0. The van der Waals surface area contributed by atoms with Gasteiger partial charge in [-0.15, -0.1) is 0 Å². The average Bonchev–Trinajstić information content (AvgIpc) is 2.57. The zero-order valence-corrected chi connectivity index (χ0v) is 12.7. The number of fused-ring (bicyclic) bond motifs is 1. The number of carbonyl (C=O) groups excluding carboxylic acids is 1. The fourth-order valence-corrected chi connectivity index (χ4v) is 2.59. The van der Waals surface area contributed by atoms with E-state index in [1.807, 2.05) is 55.6 Å². The first-order valence-corrected chi connectivity index (χ1v) is 7.19. The lowest BCUT2D eigenvalue weighted by Gasteiger charge is -2.10. The van der Waals surface area contributed by atoms with Crippen molar-refractivity contribution < 1.29 is 9.53 Å². The Balaban J connectivity index is 1.99. The summed E-state index contributed by atoms with van der Waals surface area (Å²) in [6, 6.07) is 15.2. The monoisotopic (exact) mass is 291 g/mol. The molecule has 0 aliphatic carbocycles. The SMILES string of the molecule is COc1cccc(C(=O)Cc2c(C)cnc3ccccc23)c1. The minimum atomic E-state index is 0.0818. The lowest BCUT2D eigenvalue weighted by Crippen LogP contribution is -2.06. The largest absolute Gasteiger partial charge is 0.497 e. The van der Waals surface area contributed by atoms with Gasteiger partial charge in [-0.3, -0.25) is 9.78 Å². The van der Waals surface area contributed by atoms with Gasteiger partial charge in [0, 0.05) is 23.6 Å². The number of nitrogens with zero attached hydrogens (tertiary/aromatic N) is 1. The second kappa shape index (κ2) is 5.98. The number of hydrogen-bond acceptors (Lipinski definition) is 3. The summed E-state index contributed by atoms with van der Waals surface area (Å²) < 4.78 is 5.19. The fraction of sp³-hybridized carbons (Fsp3) is 0.158. The molecule has 0 saturated heterocycles. The van der Waals surface area contributed by atoms with Crippen LogP contribution in [0.1, 0.15) is 21.5 Å². The van der Waals surface area contributed by atoms with E-state index in [1.165, 1.54) is 0 Å². The van der Waals surface area contributed by atoms with E-state index in [-0.39, 0.29) is 5.78 Å². The van der Waals surface area contributed by atoms with Crippen LogP contribution in [0.5, 0.6) is 5.75 Å². The maximum atomic E-state index is 12.6. The molecule has 22 heavy (non-hydrogen) atoms. The Kier molecular flexibility index (Phi) is 3.88. The van der Waals surface area contributed by atoms with Crippen LogP contribution in [0.15, 0.2) is 54.7 Å². The van der Waals surface area contributed by atoms with Gasteiger partial charge in [-0.2, -0.15) is 0 Å². The highest BCUT2D eigenvalue weighted by Gasteiger charge is 2.13. The topological polar surface area (TPSA) is 39.2 Å². The molecule has 0 saturated carbocycles. The molecule has 0 unspecified atom stereocenters. The molecule has 1 heterocycles. The predicted octanol–water partition coefficient (Wildman–Crippen LogP) is 3.98. The molecule has 3 heteroatoms. The standard InChI is InChI=1S/C19H17NO2/c1-13-12-20-18-9-4-3-8-16(18)17(13)11-19(21)14-6-5-7-15(10-14)22-2/h3-10,12H,11H2,1-2H3. The number of aromatic nitrogens is 1. The van der Waals surface area contributed by atoms with Crippen molar-refractivity contribution in [2.75, 3.05) is 7.11 Å². The molecule has 110 valence electrons. The summed E-state index contributed by atoms with van der Waals surface area (Å²) in [5.74, 6) is 0.778. The van der Waals surface area contributed by atoms with Gasteiger partial charge >= 0.3 is 0 Å². The van der Waals surface area contributed by atoms with Crippen molar-refractivity contribution in [1.29, 1.82) is 0 Å². The van der Waals surface area contributed by atoms with Crippen molar-refractivity contribution in [3.05, 3.63) is 71.4 Å². The van der Waals surface area contributed by atoms with Crippen molar-refractivity contribution >= 4 is 16.7 Å². The van der Waals surface area contributed by atoms with Crippen LogP contribution in [0.4, 0.5) is 0 Å². The van der Waals surface area contributed by atoms with E-state index in [2.05, 4.69) is 4.98 Å². The molecule has 0 amide bonds. The number of ether oxygens (including phenoxy) is 1. The van der Waals surface area contributed by atoms with Crippen molar-refractivity contribution in [3.63, 3.8) is 0 Å². The number of ketones is 1. The second-order valence-corrected chi connectivity index (χ2v) is 5.27. The third-order valence-electron chi connectivity index (χ3n) is 3.83. The van der Waals surface area contributed by atoms with Gasteiger partial charge in [0.15, 0.2) is 5.78 Å². The van der Waals surface area contributed by atoms with Crippen LogP contribution in [0.2, 0.25) is 0 Å². The molecule has 0 bridgehead atoms. The number of benzene rings is 2. The third kappa shape index (κ3) is 2.70. The number of methoxy groups -OCH3 is 1. The molecule has 1 aromatic heterocycles. The van der Waals surface area contributed by atoms with Crippen molar-refractivity contribution in [2.24, 2.45) is 0 Å². The van der Waals surface area contributed by atoms with Crippen molar-refractivity contribution in [1.82, 2.24) is 4.98 Å². The van der Waals surface area contributed by atoms with E-state index in [0.29, 0.717) is 17.7 Å². The summed E-state index contributed by atoms with van der Waals surface area (Å²) in [4.78, 5) is 17.0. The average molecular weight is 291 g/mol. The molecule has 2 aromatic carbocycles. The van der Waals surface area contributed by atoms with E-state index < -0.39 is 0 Å². The molecule has 0 spiro atoms. The van der Waals surface area contributed by atoms with Gasteiger partial charge < -0.3 is 4.74 Å². The Morgan fingerprint density at radius 2 is 1.95 bits per heavy atom. The van der Waals surface area contributed by atoms with Gasteiger partial charge in [0.05, 0.1) is 12.6 Å². The molecular formula is C19H17NO2. The van der Waals surface area contributed by atoms with Crippen molar-refractivity contribution in [2.45, 2.75) is 13.3 Å². The van der Waals surface area contributed by atoms with Crippen LogP contribution < -0.4 is 4.74 Å². The zero-order valence-electron chi connectivity index (χ0n) is 12.7. The van der Waals surface area contributed by atoms with Gasteiger partial charge in [0.1, 0.15) is 5.75 Å². The Bertz CT molecular complexity index is 840. The zero-order chi connectivity index (χ0) is 15.5. The Labute approximate surface area is 129 Å². The summed E-state index contributed by atoms with van der Waals surface area (Å²) in [6.07, 6.45) is 2.19. The van der Waals surface area contributed by atoms with Crippen LogP contribution in [-0.4, -0.2) is 17.9 Å². The highest BCUT2D eigenvalue weighted by molar-refractivity contribution is 6.00. The molecule has 0 aliphatic heterocycles. The van der Waals surface area contributed by atoms with Crippen LogP contribution in [0.25, 0.3) is 10.9 Å². The first-order chi connectivity index (χ1) is 10.7. The molecule has 0 atom stereocenters. The lowest BCUT2D eigenvalue weighted by atomic mass is 9.96. The van der Waals surface area contributed by atoms with Crippen LogP contribution in [-0.2, 0) is 6.42 Å². The molecule has 0 fully saturated rings. The van der Waals surface area contributed by atoms with Crippen LogP contribution in [0, 0.1) is 6.92 Å². The summed E-state index contributed by atoms with van der Waals surface area (Å²) in [5.41, 5.74) is 3.66. The first kappa shape index (κ1) is 14.3. The van der Waals surface area contributed by atoms with Gasteiger partial charge in [-0.25, -0.2) is 0 Å². The lowest BCUT2D eigenvalue weighted by molar-refractivity contribution is 0.0992. The van der Waals surface area contributed by atoms with Crippen LogP contribution in [0.3, 0.4) is 0 Å². The number of pyridine rings is 1. The minimum Gasteiger partial charge on any atom is -0.497 e. The summed E-state index contributed by atoms with van der Waals surface area (Å²) in [6.45, 7) is 1.99. The van der Waals surface area contributed by atoms with E-state index in [9.17, 15) is 4.79 Å². The number of Topliss-reactive ketones (excluding diaryl/α,β-unsaturated/α-hetero) is 1. The normalized spacial score (nSPS) is 10.6. The quantitative estimate of drug-likeness (QED) is 0.683. The van der Waals surface area contributed by atoms with E-state index in [1.54, 1.807) is 13.2 Å². The number of para-hydroxylation sites is 1. The van der Waals surface area contributed by atoms with Gasteiger partial charge in [-0.05, 0) is 36.2 Å². The molecule has 3 aromatic rings. The fourth-order valence-electron chi connectivity index (χ4n) is 2.59. The van der Waals surface area contributed by atoms with E-state index >= 15 is 0 Å².